The molecule has 4 heteroatoms. The molecule has 1 aliphatic heterocycles. The van der Waals surface area contributed by atoms with Gasteiger partial charge in [0.25, 0.3) is 0 Å². The fourth-order valence-corrected chi connectivity index (χ4v) is 2.63. The number of amides is 1. The monoisotopic (exact) mass is 290 g/mol. The number of benzene rings is 1. The number of hydrogen-bond acceptors (Lipinski definition) is 3. The predicted octanol–water partition coefficient (Wildman–Crippen LogP) is 3.07. The average Bonchev–Trinajstić information content (AvgIpc) is 2.90. The Morgan fingerprint density at radius 3 is 2.76 bits per heavy atom. The van der Waals surface area contributed by atoms with Crippen molar-refractivity contribution in [1.29, 1.82) is 0 Å². The summed E-state index contributed by atoms with van der Waals surface area (Å²) in [4.78, 5) is 12.2. The molecule has 0 aromatic heterocycles. The summed E-state index contributed by atoms with van der Waals surface area (Å²) in [5.41, 5.74) is 1.98. The van der Waals surface area contributed by atoms with E-state index in [4.69, 9.17) is 4.74 Å². The van der Waals surface area contributed by atoms with Crippen molar-refractivity contribution >= 4 is 11.6 Å². The molecule has 0 bridgehead atoms. The van der Waals surface area contributed by atoms with Gasteiger partial charge in [0.2, 0.25) is 5.91 Å². The minimum Gasteiger partial charge on any atom is -0.495 e. The molecular weight excluding hydrogens is 264 g/mol. The maximum absolute atomic E-state index is 12.2. The normalized spacial score (nSPS) is 18.6. The summed E-state index contributed by atoms with van der Waals surface area (Å²) in [7, 11) is 1.63. The second-order valence-electron chi connectivity index (χ2n) is 6.71. The number of anilines is 1. The van der Waals surface area contributed by atoms with E-state index in [1.54, 1.807) is 7.11 Å². The van der Waals surface area contributed by atoms with Crippen LogP contribution in [0, 0.1) is 0 Å². The highest BCUT2D eigenvalue weighted by atomic mass is 16.5. The molecule has 1 amide bonds. The number of ether oxygens (including phenoxy) is 1. The first-order valence-electron chi connectivity index (χ1n) is 7.62. The molecule has 1 saturated heterocycles. The number of carbonyl (C=O) groups is 1. The third kappa shape index (κ3) is 4.21. The van der Waals surface area contributed by atoms with Crippen molar-refractivity contribution in [2.45, 2.75) is 51.5 Å². The zero-order valence-electron chi connectivity index (χ0n) is 13.5. The first-order chi connectivity index (χ1) is 9.90. The largest absolute Gasteiger partial charge is 0.495 e. The molecule has 21 heavy (non-hydrogen) atoms. The quantitative estimate of drug-likeness (QED) is 0.896. The maximum Gasteiger partial charge on any atom is 0.226 e. The maximum atomic E-state index is 12.2. The highest BCUT2D eigenvalue weighted by Gasteiger charge is 2.20. The number of carbonyl (C=O) groups excluding carboxylic acids is 1. The predicted molar refractivity (Wildman–Crippen MR) is 86.0 cm³/mol. The van der Waals surface area contributed by atoms with Crippen LogP contribution in [-0.4, -0.2) is 25.6 Å². The van der Waals surface area contributed by atoms with Crippen LogP contribution < -0.4 is 15.4 Å². The number of nitrogens with one attached hydrogen (secondary N) is 2. The van der Waals surface area contributed by atoms with Crippen LogP contribution in [0.15, 0.2) is 18.2 Å². The molecule has 1 fully saturated rings. The molecular formula is C17H26N2O2. The standard InChI is InChI=1S/C17H26N2O2/c1-17(2,3)12-7-8-15(21-4)14(10-12)19-16(20)11-13-6-5-9-18-13/h7-8,10,13,18H,5-6,9,11H2,1-4H3,(H,19,20). The van der Waals surface area contributed by atoms with E-state index < -0.39 is 0 Å². The van der Waals surface area contributed by atoms with Crippen LogP contribution in [0.2, 0.25) is 0 Å². The lowest BCUT2D eigenvalue weighted by Gasteiger charge is -2.21. The van der Waals surface area contributed by atoms with E-state index in [2.05, 4.69) is 31.4 Å². The minimum atomic E-state index is 0.0404. The van der Waals surface area contributed by atoms with Crippen molar-refractivity contribution in [3.8, 4) is 5.75 Å². The molecule has 4 nitrogen and oxygen atoms in total. The SMILES string of the molecule is COc1ccc(C(C)(C)C)cc1NC(=O)CC1CCCN1. The van der Waals surface area contributed by atoms with Crippen molar-refractivity contribution in [1.82, 2.24) is 5.32 Å². The van der Waals surface area contributed by atoms with Gasteiger partial charge in [0, 0.05) is 12.5 Å². The fourth-order valence-electron chi connectivity index (χ4n) is 2.63. The van der Waals surface area contributed by atoms with Gasteiger partial charge in [0.05, 0.1) is 12.8 Å². The smallest absolute Gasteiger partial charge is 0.226 e. The Morgan fingerprint density at radius 1 is 1.43 bits per heavy atom. The molecule has 1 atom stereocenters. The molecule has 116 valence electrons. The van der Waals surface area contributed by atoms with Crippen LogP contribution in [0.4, 0.5) is 5.69 Å². The van der Waals surface area contributed by atoms with Gasteiger partial charge in [0.1, 0.15) is 5.75 Å². The Balaban J connectivity index is 2.11. The Morgan fingerprint density at radius 2 is 2.19 bits per heavy atom. The molecule has 0 radical (unpaired) electrons. The van der Waals surface area contributed by atoms with E-state index in [-0.39, 0.29) is 11.3 Å². The first kappa shape index (κ1) is 15.8. The zero-order valence-corrected chi connectivity index (χ0v) is 13.5. The molecule has 2 N–H and O–H groups in total. The van der Waals surface area contributed by atoms with Crippen molar-refractivity contribution in [2.24, 2.45) is 0 Å². The van der Waals surface area contributed by atoms with Gasteiger partial charge in [-0.05, 0) is 42.5 Å². The average molecular weight is 290 g/mol. The highest BCUT2D eigenvalue weighted by Crippen LogP contribution is 2.31. The van der Waals surface area contributed by atoms with Crippen molar-refractivity contribution < 1.29 is 9.53 Å². The van der Waals surface area contributed by atoms with E-state index >= 15 is 0 Å². The van der Waals surface area contributed by atoms with Crippen LogP contribution in [0.1, 0.15) is 45.6 Å². The minimum absolute atomic E-state index is 0.0404. The van der Waals surface area contributed by atoms with Gasteiger partial charge in [-0.2, -0.15) is 0 Å². The molecule has 2 rings (SSSR count). The van der Waals surface area contributed by atoms with Gasteiger partial charge < -0.3 is 15.4 Å². The second-order valence-corrected chi connectivity index (χ2v) is 6.71. The van der Waals surface area contributed by atoms with Crippen molar-refractivity contribution in [2.75, 3.05) is 19.0 Å². The molecule has 1 unspecified atom stereocenters. The lowest BCUT2D eigenvalue weighted by molar-refractivity contribution is -0.116. The van der Waals surface area contributed by atoms with Gasteiger partial charge in [-0.15, -0.1) is 0 Å². The van der Waals surface area contributed by atoms with Gasteiger partial charge >= 0.3 is 0 Å². The third-order valence-corrected chi connectivity index (χ3v) is 3.93. The van der Waals surface area contributed by atoms with Gasteiger partial charge in [-0.3, -0.25) is 4.79 Å². The van der Waals surface area contributed by atoms with Crippen molar-refractivity contribution in [3.05, 3.63) is 23.8 Å². The van der Waals surface area contributed by atoms with E-state index in [0.29, 0.717) is 18.2 Å². The number of hydrogen-bond donors (Lipinski definition) is 2. The molecule has 1 aromatic carbocycles. The molecule has 0 spiro atoms. The lowest BCUT2D eigenvalue weighted by Crippen LogP contribution is -2.27. The first-order valence-corrected chi connectivity index (χ1v) is 7.62. The van der Waals surface area contributed by atoms with Crippen LogP contribution >= 0.6 is 0 Å². The topological polar surface area (TPSA) is 50.4 Å². The Bertz CT molecular complexity index is 500. The number of methoxy groups -OCH3 is 1. The Hall–Kier alpha value is -1.55. The Kier molecular flexibility index (Phi) is 4.88. The van der Waals surface area contributed by atoms with Crippen molar-refractivity contribution in [3.63, 3.8) is 0 Å². The summed E-state index contributed by atoms with van der Waals surface area (Å²) in [6, 6.07) is 6.29. The summed E-state index contributed by atoms with van der Waals surface area (Å²) >= 11 is 0. The summed E-state index contributed by atoms with van der Waals surface area (Å²) in [6.07, 6.45) is 2.75. The van der Waals surface area contributed by atoms with E-state index in [1.807, 2.05) is 18.2 Å². The van der Waals surface area contributed by atoms with Crippen LogP contribution in [0.5, 0.6) is 5.75 Å². The lowest BCUT2D eigenvalue weighted by atomic mass is 9.87. The Labute approximate surface area is 127 Å². The zero-order chi connectivity index (χ0) is 15.5. The molecule has 1 heterocycles. The van der Waals surface area contributed by atoms with Gasteiger partial charge in [0.15, 0.2) is 0 Å². The number of rotatable bonds is 4. The fraction of sp³-hybridized carbons (Fsp3) is 0.588. The van der Waals surface area contributed by atoms with E-state index in [0.717, 1.165) is 25.1 Å². The second kappa shape index (κ2) is 6.48. The summed E-state index contributed by atoms with van der Waals surface area (Å²) in [5.74, 6) is 0.745. The van der Waals surface area contributed by atoms with Gasteiger partial charge in [-0.25, -0.2) is 0 Å². The highest BCUT2D eigenvalue weighted by molar-refractivity contribution is 5.92. The molecule has 0 saturated carbocycles. The van der Waals surface area contributed by atoms with Crippen LogP contribution in [-0.2, 0) is 10.2 Å². The molecule has 0 aliphatic carbocycles. The molecule has 1 aromatic rings. The molecule has 1 aliphatic rings. The van der Waals surface area contributed by atoms with Crippen LogP contribution in [0.25, 0.3) is 0 Å². The van der Waals surface area contributed by atoms with Crippen LogP contribution in [0.3, 0.4) is 0 Å². The van der Waals surface area contributed by atoms with Gasteiger partial charge in [-0.1, -0.05) is 26.8 Å². The van der Waals surface area contributed by atoms with E-state index in [1.165, 1.54) is 5.56 Å². The summed E-state index contributed by atoms with van der Waals surface area (Å²) in [6.45, 7) is 7.48. The summed E-state index contributed by atoms with van der Waals surface area (Å²) in [5, 5.41) is 6.34. The van der Waals surface area contributed by atoms with E-state index in [9.17, 15) is 4.79 Å². The third-order valence-electron chi connectivity index (χ3n) is 3.93. The summed E-state index contributed by atoms with van der Waals surface area (Å²) < 4.78 is 5.35.